The van der Waals surface area contributed by atoms with E-state index in [2.05, 4.69) is 18.2 Å². The number of halogens is 1. The molecule has 0 saturated carbocycles. The van der Waals surface area contributed by atoms with Crippen molar-refractivity contribution in [1.82, 2.24) is 0 Å². The molecule has 0 aliphatic rings. The van der Waals surface area contributed by atoms with Crippen molar-refractivity contribution in [2.45, 2.75) is 43.6 Å². The third-order valence-electron chi connectivity index (χ3n) is 2.99. The van der Waals surface area contributed by atoms with Gasteiger partial charge in [-0.05, 0) is 51.0 Å². The molecule has 4 heteroatoms. The van der Waals surface area contributed by atoms with E-state index in [1.807, 2.05) is 27.7 Å². The number of anilines is 1. The lowest BCUT2D eigenvalue weighted by Gasteiger charge is -2.14. The second-order valence-electron chi connectivity index (χ2n) is 5.36. The molecule has 0 saturated heterocycles. The Morgan fingerprint density at radius 2 is 1.81 bits per heavy atom. The zero-order chi connectivity index (χ0) is 15.6. The second-order valence-corrected chi connectivity index (χ2v) is 6.44. The Labute approximate surface area is 129 Å². The molecule has 0 atom stereocenters. The standard InChI is InChI=1S/C17H20FNOS/c1-10(2)20-15-9-17(14(19)8-13(15)18)21-16-7-11(3)5-6-12(16)4/h5-10H,19H2,1-4H3. The zero-order valence-electron chi connectivity index (χ0n) is 12.7. The lowest BCUT2D eigenvalue weighted by atomic mass is 10.2. The van der Waals surface area contributed by atoms with E-state index in [1.54, 1.807) is 6.07 Å². The van der Waals surface area contributed by atoms with Crippen molar-refractivity contribution >= 4 is 17.4 Å². The first-order valence-corrected chi connectivity index (χ1v) is 7.69. The van der Waals surface area contributed by atoms with Gasteiger partial charge in [-0.15, -0.1) is 0 Å². The summed E-state index contributed by atoms with van der Waals surface area (Å²) in [6, 6.07) is 9.25. The summed E-state index contributed by atoms with van der Waals surface area (Å²) < 4.78 is 19.3. The Hall–Kier alpha value is -1.68. The van der Waals surface area contributed by atoms with Crippen molar-refractivity contribution < 1.29 is 9.13 Å². The van der Waals surface area contributed by atoms with E-state index in [0.29, 0.717) is 5.69 Å². The minimum absolute atomic E-state index is 0.0818. The highest BCUT2D eigenvalue weighted by molar-refractivity contribution is 7.99. The van der Waals surface area contributed by atoms with Crippen LogP contribution in [0.1, 0.15) is 25.0 Å². The number of hydrogen-bond donors (Lipinski definition) is 1. The van der Waals surface area contributed by atoms with Gasteiger partial charge in [0.25, 0.3) is 0 Å². The second kappa shape index (κ2) is 6.39. The van der Waals surface area contributed by atoms with Crippen LogP contribution in [0.25, 0.3) is 0 Å². The van der Waals surface area contributed by atoms with Crippen LogP contribution in [-0.4, -0.2) is 6.10 Å². The van der Waals surface area contributed by atoms with Crippen LogP contribution in [-0.2, 0) is 0 Å². The molecule has 0 radical (unpaired) electrons. The third kappa shape index (κ3) is 3.91. The van der Waals surface area contributed by atoms with Gasteiger partial charge < -0.3 is 10.5 Å². The van der Waals surface area contributed by atoms with Crippen LogP contribution >= 0.6 is 11.8 Å². The molecule has 0 aliphatic heterocycles. The highest BCUT2D eigenvalue weighted by Gasteiger charge is 2.12. The van der Waals surface area contributed by atoms with Crippen LogP contribution in [0.15, 0.2) is 40.1 Å². The zero-order valence-corrected chi connectivity index (χ0v) is 13.6. The van der Waals surface area contributed by atoms with Crippen LogP contribution in [0.5, 0.6) is 5.75 Å². The summed E-state index contributed by atoms with van der Waals surface area (Å²) in [5.74, 6) is -0.182. The molecule has 0 amide bonds. The maximum absolute atomic E-state index is 13.9. The van der Waals surface area contributed by atoms with Crippen molar-refractivity contribution in [3.8, 4) is 5.75 Å². The smallest absolute Gasteiger partial charge is 0.167 e. The molecule has 2 nitrogen and oxygen atoms in total. The molecule has 0 spiro atoms. The molecule has 112 valence electrons. The van der Waals surface area contributed by atoms with E-state index < -0.39 is 5.82 Å². The van der Waals surface area contributed by atoms with E-state index in [1.165, 1.54) is 29.0 Å². The lowest BCUT2D eigenvalue weighted by Crippen LogP contribution is -2.07. The molecule has 0 aliphatic carbocycles. The van der Waals surface area contributed by atoms with Crippen LogP contribution in [0, 0.1) is 19.7 Å². The monoisotopic (exact) mass is 305 g/mol. The van der Waals surface area contributed by atoms with Crippen LogP contribution in [0.3, 0.4) is 0 Å². The molecule has 2 aromatic carbocycles. The summed E-state index contributed by atoms with van der Waals surface area (Å²) >= 11 is 1.53. The summed E-state index contributed by atoms with van der Waals surface area (Å²) in [7, 11) is 0. The topological polar surface area (TPSA) is 35.2 Å². The molecular weight excluding hydrogens is 285 g/mol. The Balaban J connectivity index is 2.37. The number of aryl methyl sites for hydroxylation is 2. The largest absolute Gasteiger partial charge is 0.488 e. The first-order chi connectivity index (χ1) is 9.86. The molecule has 21 heavy (non-hydrogen) atoms. The summed E-state index contributed by atoms with van der Waals surface area (Å²) in [5.41, 5.74) is 8.72. The van der Waals surface area contributed by atoms with Crippen molar-refractivity contribution in [2.75, 3.05) is 5.73 Å². The van der Waals surface area contributed by atoms with Gasteiger partial charge in [-0.25, -0.2) is 4.39 Å². The lowest BCUT2D eigenvalue weighted by molar-refractivity contribution is 0.230. The number of rotatable bonds is 4. The predicted molar refractivity (Wildman–Crippen MR) is 86.6 cm³/mol. The summed E-state index contributed by atoms with van der Waals surface area (Å²) in [6.07, 6.45) is -0.0818. The predicted octanol–water partition coefficient (Wildman–Crippen LogP) is 4.96. The molecule has 2 aromatic rings. The molecular formula is C17H20FNOS. The molecule has 0 unspecified atom stereocenters. The number of nitrogens with two attached hydrogens (primary N) is 1. The maximum atomic E-state index is 13.9. The van der Waals surface area contributed by atoms with Crippen molar-refractivity contribution in [1.29, 1.82) is 0 Å². The highest BCUT2D eigenvalue weighted by atomic mass is 32.2. The van der Waals surface area contributed by atoms with Gasteiger partial charge in [-0.1, -0.05) is 23.9 Å². The fourth-order valence-electron chi connectivity index (χ4n) is 1.92. The highest BCUT2D eigenvalue weighted by Crippen LogP contribution is 2.38. The van der Waals surface area contributed by atoms with Gasteiger partial charge in [0.1, 0.15) is 0 Å². The van der Waals surface area contributed by atoms with E-state index in [-0.39, 0.29) is 11.9 Å². The van der Waals surface area contributed by atoms with Gasteiger partial charge in [-0.2, -0.15) is 0 Å². The fraction of sp³-hybridized carbons (Fsp3) is 0.294. The fourth-order valence-corrected chi connectivity index (χ4v) is 2.97. The van der Waals surface area contributed by atoms with Crippen LogP contribution in [0.4, 0.5) is 10.1 Å². The van der Waals surface area contributed by atoms with E-state index in [9.17, 15) is 4.39 Å². The van der Waals surface area contributed by atoms with Crippen LogP contribution < -0.4 is 10.5 Å². The quantitative estimate of drug-likeness (QED) is 0.811. The Morgan fingerprint density at radius 1 is 1.10 bits per heavy atom. The van der Waals surface area contributed by atoms with Gasteiger partial charge in [0.15, 0.2) is 11.6 Å². The van der Waals surface area contributed by atoms with E-state index in [0.717, 1.165) is 9.79 Å². The van der Waals surface area contributed by atoms with Crippen LogP contribution in [0.2, 0.25) is 0 Å². The Kier molecular flexibility index (Phi) is 4.78. The number of hydrogen-bond acceptors (Lipinski definition) is 3. The summed E-state index contributed by atoms with van der Waals surface area (Å²) in [5, 5.41) is 0. The SMILES string of the molecule is Cc1ccc(C)c(Sc2cc(OC(C)C)c(F)cc2N)c1. The average Bonchev–Trinajstić information content (AvgIpc) is 2.39. The first-order valence-electron chi connectivity index (χ1n) is 6.87. The van der Waals surface area contributed by atoms with Crippen molar-refractivity contribution in [3.05, 3.63) is 47.3 Å². The average molecular weight is 305 g/mol. The molecule has 0 bridgehead atoms. The number of ether oxygens (including phenoxy) is 1. The van der Waals surface area contributed by atoms with Crippen molar-refractivity contribution in [2.24, 2.45) is 0 Å². The molecule has 0 heterocycles. The van der Waals surface area contributed by atoms with Gasteiger partial charge in [0, 0.05) is 21.5 Å². The van der Waals surface area contributed by atoms with Gasteiger partial charge in [0.2, 0.25) is 0 Å². The minimum atomic E-state index is -0.425. The normalized spacial score (nSPS) is 11.0. The maximum Gasteiger partial charge on any atom is 0.167 e. The summed E-state index contributed by atoms with van der Waals surface area (Å²) in [6.45, 7) is 7.83. The molecule has 2 rings (SSSR count). The molecule has 2 N–H and O–H groups in total. The molecule has 0 aromatic heterocycles. The van der Waals surface area contributed by atoms with Crippen molar-refractivity contribution in [3.63, 3.8) is 0 Å². The van der Waals surface area contributed by atoms with E-state index in [4.69, 9.17) is 10.5 Å². The third-order valence-corrected chi connectivity index (χ3v) is 4.22. The van der Waals surface area contributed by atoms with E-state index >= 15 is 0 Å². The summed E-state index contributed by atoms with van der Waals surface area (Å²) in [4.78, 5) is 1.92. The Bertz CT molecular complexity index is 655. The number of benzene rings is 2. The van der Waals surface area contributed by atoms with Gasteiger partial charge >= 0.3 is 0 Å². The first kappa shape index (κ1) is 15.7. The molecule has 0 fully saturated rings. The number of nitrogen functional groups attached to an aromatic ring is 1. The van der Waals surface area contributed by atoms with Gasteiger partial charge in [-0.3, -0.25) is 0 Å². The minimum Gasteiger partial charge on any atom is -0.488 e. The Morgan fingerprint density at radius 3 is 2.48 bits per heavy atom. The van der Waals surface area contributed by atoms with Gasteiger partial charge in [0.05, 0.1) is 6.10 Å².